The smallest absolute Gasteiger partial charge is 0.129 e. The second-order valence-corrected chi connectivity index (χ2v) is 13.0. The molecule has 0 aliphatic carbocycles. The van der Waals surface area contributed by atoms with Crippen molar-refractivity contribution in [2.24, 2.45) is 0 Å². The molecule has 6 heterocycles. The van der Waals surface area contributed by atoms with E-state index in [1.54, 1.807) is 11.1 Å². The van der Waals surface area contributed by atoms with Gasteiger partial charge in [-0.1, -0.05) is 56.9 Å². The second-order valence-electron chi connectivity index (χ2n) is 13.0. The summed E-state index contributed by atoms with van der Waals surface area (Å²) in [6, 6.07) is 9.92. The molecule has 1 aromatic carbocycles. The first-order valence-electron chi connectivity index (χ1n) is 14.4. The van der Waals surface area contributed by atoms with E-state index in [0.29, 0.717) is 0 Å². The Morgan fingerprint density at radius 2 is 0.909 bits per heavy atom. The van der Waals surface area contributed by atoms with Gasteiger partial charge in [0.05, 0.1) is 13.6 Å². The van der Waals surface area contributed by atoms with Crippen LogP contribution in [0.3, 0.4) is 0 Å². The van der Waals surface area contributed by atoms with Crippen LogP contribution in [-0.4, -0.2) is 110 Å². The van der Waals surface area contributed by atoms with E-state index in [1.165, 1.54) is 155 Å². The van der Waals surface area contributed by atoms with Crippen molar-refractivity contribution in [1.82, 2.24) is 0 Å². The number of fused-ring (bicyclic) bond motifs is 6. The first kappa shape index (κ1) is 23.8. The quantitative estimate of drug-likeness (QED) is 0.349. The monoisotopic (exact) mass is 456 g/mol. The summed E-state index contributed by atoms with van der Waals surface area (Å²) >= 11 is 0. The van der Waals surface area contributed by atoms with Crippen LogP contribution in [0.4, 0.5) is 0 Å². The minimum absolute atomic E-state index is 1.26. The van der Waals surface area contributed by atoms with Crippen molar-refractivity contribution in [3.05, 3.63) is 35.4 Å². The van der Waals surface area contributed by atoms with Crippen LogP contribution in [-0.2, 0) is 13.1 Å². The summed E-state index contributed by atoms with van der Waals surface area (Å²) in [6.45, 7) is 23.2. The van der Waals surface area contributed by atoms with Gasteiger partial charge in [-0.15, -0.1) is 0 Å². The molecule has 4 nitrogen and oxygen atoms in total. The van der Waals surface area contributed by atoms with Crippen molar-refractivity contribution in [3.63, 3.8) is 0 Å². The molecule has 0 aromatic heterocycles. The number of quaternary nitrogens is 4. The van der Waals surface area contributed by atoms with Gasteiger partial charge in [0.15, 0.2) is 0 Å². The molecule has 7 rings (SSSR count). The summed E-state index contributed by atoms with van der Waals surface area (Å²) in [6.07, 6.45) is 8.63. The van der Waals surface area contributed by atoms with Crippen LogP contribution >= 0.6 is 0 Å². The summed E-state index contributed by atoms with van der Waals surface area (Å²) in [5.41, 5.74) is 3.15. The molecule has 6 aliphatic rings. The zero-order valence-corrected chi connectivity index (χ0v) is 21.9. The third kappa shape index (κ3) is 5.34. The van der Waals surface area contributed by atoms with Crippen molar-refractivity contribution in [3.8, 4) is 0 Å². The van der Waals surface area contributed by atoms with Crippen molar-refractivity contribution in [1.29, 1.82) is 0 Å². The topological polar surface area (TPSA) is 0 Å². The standard InChI is InChI=1S/C29H52N4/c1-3-4-5-6-7-8-13-31-20-23-33(24-21-31,25-22-31)27-29-11-9-28(10-12-29)26-32-17-14-30(2,15-18-32)16-19-32/h9-12H,3-8,13-27H2,1-2H3/q+4. The lowest BCUT2D eigenvalue weighted by Gasteiger charge is -2.55. The van der Waals surface area contributed by atoms with Gasteiger partial charge in [-0.05, 0) is 12.8 Å². The van der Waals surface area contributed by atoms with E-state index in [4.69, 9.17) is 0 Å². The predicted molar refractivity (Wildman–Crippen MR) is 137 cm³/mol. The molecule has 1 aromatic rings. The molecule has 0 N–H and O–H groups in total. The molecule has 0 amide bonds. The highest BCUT2D eigenvalue weighted by Crippen LogP contribution is 2.31. The Morgan fingerprint density at radius 3 is 1.39 bits per heavy atom. The highest BCUT2D eigenvalue weighted by atomic mass is 15.5. The van der Waals surface area contributed by atoms with Crippen LogP contribution in [0.5, 0.6) is 0 Å². The SMILES string of the molecule is CCCCCCCC[N+]12CC[N+](Cc3ccc(C[N+]45CC[N+](C)(CC4)CC5)cc3)(CC1)CC2. The molecule has 6 aliphatic heterocycles. The number of hydrogen-bond donors (Lipinski definition) is 0. The molecule has 0 saturated carbocycles. The van der Waals surface area contributed by atoms with E-state index >= 15 is 0 Å². The molecule has 6 fully saturated rings. The molecule has 184 valence electrons. The maximum atomic E-state index is 2.48. The van der Waals surface area contributed by atoms with Crippen LogP contribution < -0.4 is 0 Å². The molecule has 0 spiro atoms. The Balaban J connectivity index is 1.09. The van der Waals surface area contributed by atoms with Gasteiger partial charge in [-0.3, -0.25) is 0 Å². The number of benzene rings is 1. The van der Waals surface area contributed by atoms with Gasteiger partial charge in [-0.2, -0.15) is 0 Å². The third-order valence-corrected chi connectivity index (χ3v) is 10.5. The summed E-state index contributed by atoms with van der Waals surface area (Å²) < 4.78 is 5.50. The van der Waals surface area contributed by atoms with E-state index in [9.17, 15) is 0 Å². The minimum Gasteiger partial charge on any atom is -0.312 e. The number of nitrogens with zero attached hydrogens (tertiary/aromatic N) is 4. The van der Waals surface area contributed by atoms with E-state index < -0.39 is 0 Å². The van der Waals surface area contributed by atoms with Crippen molar-refractivity contribution in [2.45, 2.75) is 58.5 Å². The summed E-state index contributed by atoms with van der Waals surface area (Å²) in [4.78, 5) is 0. The molecule has 4 bridgehead atoms. The minimum atomic E-state index is 1.26. The van der Waals surface area contributed by atoms with Gasteiger partial charge in [0.2, 0.25) is 0 Å². The zero-order valence-electron chi connectivity index (χ0n) is 21.9. The van der Waals surface area contributed by atoms with Gasteiger partial charge in [-0.25, -0.2) is 0 Å². The first-order chi connectivity index (χ1) is 16.0. The molecule has 0 unspecified atom stereocenters. The lowest BCUT2D eigenvalue weighted by atomic mass is 10.0. The third-order valence-electron chi connectivity index (χ3n) is 10.5. The van der Waals surface area contributed by atoms with Crippen molar-refractivity contribution < 1.29 is 17.9 Å². The van der Waals surface area contributed by atoms with E-state index in [-0.39, 0.29) is 0 Å². The van der Waals surface area contributed by atoms with Gasteiger partial charge < -0.3 is 17.9 Å². The first-order valence-corrected chi connectivity index (χ1v) is 14.4. The second kappa shape index (κ2) is 9.60. The maximum Gasteiger partial charge on any atom is 0.129 e. The number of unbranched alkanes of at least 4 members (excludes halogenated alkanes) is 5. The number of rotatable bonds is 11. The summed E-state index contributed by atoms with van der Waals surface area (Å²) in [5, 5.41) is 0. The summed E-state index contributed by atoms with van der Waals surface area (Å²) in [7, 11) is 2.47. The van der Waals surface area contributed by atoms with Crippen LogP contribution in [0.1, 0.15) is 56.6 Å². The van der Waals surface area contributed by atoms with Gasteiger partial charge in [0.25, 0.3) is 0 Å². The van der Waals surface area contributed by atoms with Crippen LogP contribution in [0, 0.1) is 0 Å². The fourth-order valence-electron chi connectivity index (χ4n) is 7.54. The largest absolute Gasteiger partial charge is 0.312 e. The Labute approximate surface area is 204 Å². The van der Waals surface area contributed by atoms with Crippen LogP contribution in [0.15, 0.2) is 24.3 Å². The molecule has 0 atom stereocenters. The Hall–Kier alpha value is -0.940. The Morgan fingerprint density at radius 1 is 0.515 bits per heavy atom. The van der Waals surface area contributed by atoms with Gasteiger partial charge in [0.1, 0.15) is 91.6 Å². The highest BCUT2D eigenvalue weighted by Gasteiger charge is 2.49. The molecule has 6 saturated heterocycles. The fraction of sp³-hybridized carbons (Fsp3) is 0.793. The number of likely N-dealkylation sites (N-methyl/N-ethyl adjacent to an activating group) is 1. The molecule has 0 radical (unpaired) electrons. The number of hydrogen-bond acceptors (Lipinski definition) is 0. The van der Waals surface area contributed by atoms with Crippen molar-refractivity contribution >= 4 is 0 Å². The number of piperazine rings is 6. The van der Waals surface area contributed by atoms with Crippen molar-refractivity contribution in [2.75, 3.05) is 92.1 Å². The fourth-order valence-corrected chi connectivity index (χ4v) is 7.54. The lowest BCUT2D eigenvalue weighted by molar-refractivity contribution is -1.09. The maximum absolute atomic E-state index is 2.48. The molecule has 4 heteroatoms. The van der Waals surface area contributed by atoms with Gasteiger partial charge >= 0.3 is 0 Å². The van der Waals surface area contributed by atoms with Gasteiger partial charge in [0, 0.05) is 11.1 Å². The predicted octanol–water partition coefficient (Wildman–Crippen LogP) is 4.00. The Bertz CT molecular complexity index is 736. The molecule has 33 heavy (non-hydrogen) atoms. The molecular weight excluding hydrogens is 404 g/mol. The Kier molecular flexibility index (Phi) is 6.92. The average molecular weight is 457 g/mol. The van der Waals surface area contributed by atoms with Crippen LogP contribution in [0.2, 0.25) is 0 Å². The molecular formula is C29H52N4+4. The zero-order chi connectivity index (χ0) is 22.8. The highest BCUT2D eigenvalue weighted by molar-refractivity contribution is 5.21. The van der Waals surface area contributed by atoms with E-state index in [1.807, 2.05) is 0 Å². The normalized spacial score (nSPS) is 37.5. The van der Waals surface area contributed by atoms with Crippen LogP contribution in [0.25, 0.3) is 0 Å². The van der Waals surface area contributed by atoms with E-state index in [0.717, 1.165) is 0 Å². The summed E-state index contributed by atoms with van der Waals surface area (Å²) in [5.74, 6) is 0. The lowest BCUT2D eigenvalue weighted by Crippen LogP contribution is -2.74. The average Bonchev–Trinajstić information content (AvgIpc) is 2.85. The van der Waals surface area contributed by atoms with E-state index in [2.05, 4.69) is 38.2 Å².